The zero-order chi connectivity index (χ0) is 14.0. The summed E-state index contributed by atoms with van der Waals surface area (Å²) in [6.45, 7) is 9.40. The lowest BCUT2D eigenvalue weighted by Crippen LogP contribution is -2.40. The van der Waals surface area contributed by atoms with E-state index < -0.39 is 0 Å². The van der Waals surface area contributed by atoms with E-state index in [1.807, 2.05) is 0 Å². The Balaban J connectivity index is 1.79. The maximum Gasteiger partial charge on any atom is 0.0402 e. The second-order valence-electron chi connectivity index (χ2n) is 6.54. The van der Waals surface area contributed by atoms with Gasteiger partial charge in [-0.1, -0.05) is 38.8 Å². The summed E-state index contributed by atoms with van der Waals surface area (Å²) in [5.74, 6) is 0. The normalized spacial score (nSPS) is 21.6. The van der Waals surface area contributed by atoms with E-state index in [1.165, 1.54) is 56.4 Å². The molecule has 2 heteroatoms. The minimum absolute atomic E-state index is 0.618. The second kappa shape index (κ2) is 5.77. The highest BCUT2D eigenvalue weighted by Gasteiger charge is 2.32. The van der Waals surface area contributed by atoms with Gasteiger partial charge in [0.25, 0.3) is 0 Å². The highest BCUT2D eigenvalue weighted by Crippen LogP contribution is 2.40. The molecule has 1 saturated heterocycles. The van der Waals surface area contributed by atoms with Crippen LogP contribution in [0.25, 0.3) is 0 Å². The van der Waals surface area contributed by atoms with Crippen LogP contribution in [0.4, 0.5) is 5.69 Å². The van der Waals surface area contributed by atoms with Gasteiger partial charge in [0.2, 0.25) is 0 Å². The SMILES string of the molecule is CCC1(CC)CCN(c2cccc3c2CCNC3)CC1. The number of hydrogen-bond donors (Lipinski definition) is 1. The fourth-order valence-corrected chi connectivity index (χ4v) is 3.99. The van der Waals surface area contributed by atoms with Gasteiger partial charge in [-0.25, -0.2) is 0 Å². The Bertz CT molecular complexity index is 452. The molecule has 1 aromatic rings. The minimum Gasteiger partial charge on any atom is -0.371 e. The first-order valence-electron chi connectivity index (χ1n) is 8.34. The van der Waals surface area contributed by atoms with Gasteiger partial charge >= 0.3 is 0 Å². The smallest absolute Gasteiger partial charge is 0.0402 e. The first-order chi connectivity index (χ1) is 9.78. The van der Waals surface area contributed by atoms with Crippen LogP contribution >= 0.6 is 0 Å². The Labute approximate surface area is 123 Å². The van der Waals surface area contributed by atoms with E-state index in [-0.39, 0.29) is 0 Å². The average molecular weight is 272 g/mol. The van der Waals surface area contributed by atoms with Gasteiger partial charge in [-0.15, -0.1) is 0 Å². The third kappa shape index (κ3) is 2.46. The van der Waals surface area contributed by atoms with Crippen LogP contribution in [-0.2, 0) is 13.0 Å². The number of rotatable bonds is 3. The summed E-state index contributed by atoms with van der Waals surface area (Å²) in [5.41, 5.74) is 5.25. The summed E-state index contributed by atoms with van der Waals surface area (Å²) in [6, 6.07) is 6.87. The Morgan fingerprint density at radius 3 is 2.60 bits per heavy atom. The zero-order valence-corrected chi connectivity index (χ0v) is 13.0. The molecule has 2 aliphatic rings. The van der Waals surface area contributed by atoms with Gasteiger partial charge in [0.15, 0.2) is 0 Å². The third-order valence-electron chi connectivity index (χ3n) is 5.78. The molecule has 110 valence electrons. The number of anilines is 1. The minimum atomic E-state index is 0.618. The molecule has 0 atom stereocenters. The van der Waals surface area contributed by atoms with E-state index in [0.717, 1.165) is 13.1 Å². The second-order valence-corrected chi connectivity index (χ2v) is 6.54. The summed E-state index contributed by atoms with van der Waals surface area (Å²) >= 11 is 0. The molecule has 1 N–H and O–H groups in total. The van der Waals surface area contributed by atoms with Crippen molar-refractivity contribution >= 4 is 5.69 Å². The molecule has 2 heterocycles. The van der Waals surface area contributed by atoms with E-state index in [0.29, 0.717) is 5.41 Å². The highest BCUT2D eigenvalue weighted by molar-refractivity contribution is 5.58. The Hall–Kier alpha value is -1.02. The molecule has 0 bridgehead atoms. The molecule has 0 saturated carbocycles. The van der Waals surface area contributed by atoms with Crippen molar-refractivity contribution in [3.63, 3.8) is 0 Å². The van der Waals surface area contributed by atoms with Crippen LogP contribution in [0.1, 0.15) is 50.7 Å². The lowest BCUT2D eigenvalue weighted by Gasteiger charge is -2.43. The molecule has 0 radical (unpaired) electrons. The van der Waals surface area contributed by atoms with Crippen LogP contribution in [0, 0.1) is 5.41 Å². The van der Waals surface area contributed by atoms with E-state index in [9.17, 15) is 0 Å². The highest BCUT2D eigenvalue weighted by atomic mass is 15.1. The van der Waals surface area contributed by atoms with E-state index in [4.69, 9.17) is 0 Å². The topological polar surface area (TPSA) is 15.3 Å². The summed E-state index contributed by atoms with van der Waals surface area (Å²) in [6.07, 6.45) is 6.60. The Morgan fingerprint density at radius 2 is 1.90 bits per heavy atom. The van der Waals surface area contributed by atoms with Crippen molar-refractivity contribution in [3.8, 4) is 0 Å². The maximum atomic E-state index is 3.48. The van der Waals surface area contributed by atoms with Gasteiger partial charge in [0.05, 0.1) is 0 Å². The van der Waals surface area contributed by atoms with Crippen molar-refractivity contribution in [2.75, 3.05) is 24.5 Å². The number of nitrogens with zero attached hydrogens (tertiary/aromatic N) is 1. The van der Waals surface area contributed by atoms with E-state index in [1.54, 1.807) is 5.56 Å². The van der Waals surface area contributed by atoms with Crippen LogP contribution in [-0.4, -0.2) is 19.6 Å². The molecular formula is C18H28N2. The van der Waals surface area contributed by atoms with Crippen LogP contribution in [0.5, 0.6) is 0 Å². The first kappa shape index (κ1) is 13.9. The van der Waals surface area contributed by atoms with E-state index in [2.05, 4.69) is 42.3 Å². The summed E-state index contributed by atoms with van der Waals surface area (Å²) in [7, 11) is 0. The molecular weight excluding hydrogens is 244 g/mol. The molecule has 2 nitrogen and oxygen atoms in total. The molecule has 1 aromatic carbocycles. The van der Waals surface area contributed by atoms with Crippen molar-refractivity contribution in [2.24, 2.45) is 5.41 Å². The standard InChI is InChI=1S/C18H28N2/c1-3-18(4-2)9-12-20(13-10-18)17-7-5-6-15-14-19-11-8-16(15)17/h5-7,19H,3-4,8-14H2,1-2H3. The maximum absolute atomic E-state index is 3.48. The van der Waals surface area contributed by atoms with Crippen molar-refractivity contribution in [1.29, 1.82) is 0 Å². The zero-order valence-electron chi connectivity index (χ0n) is 13.0. The molecule has 20 heavy (non-hydrogen) atoms. The molecule has 3 rings (SSSR count). The predicted octanol–water partition coefficient (Wildman–Crippen LogP) is 3.74. The van der Waals surface area contributed by atoms with Crippen molar-refractivity contribution in [2.45, 2.75) is 52.5 Å². The van der Waals surface area contributed by atoms with E-state index >= 15 is 0 Å². The van der Waals surface area contributed by atoms with Gasteiger partial charge in [-0.05, 0) is 48.4 Å². The molecule has 0 aromatic heterocycles. The average Bonchev–Trinajstić information content (AvgIpc) is 2.54. The van der Waals surface area contributed by atoms with Gasteiger partial charge in [0.1, 0.15) is 0 Å². The summed E-state index contributed by atoms with van der Waals surface area (Å²) < 4.78 is 0. The molecule has 0 spiro atoms. The Kier molecular flexibility index (Phi) is 4.02. The van der Waals surface area contributed by atoms with Crippen molar-refractivity contribution in [3.05, 3.63) is 29.3 Å². The lowest BCUT2D eigenvalue weighted by atomic mass is 9.74. The van der Waals surface area contributed by atoms with Crippen LogP contribution in [0.2, 0.25) is 0 Å². The lowest BCUT2D eigenvalue weighted by molar-refractivity contribution is 0.199. The van der Waals surface area contributed by atoms with Crippen LogP contribution in [0.15, 0.2) is 18.2 Å². The number of nitrogens with one attached hydrogen (secondary N) is 1. The monoisotopic (exact) mass is 272 g/mol. The molecule has 2 aliphatic heterocycles. The molecule has 0 aliphatic carbocycles. The van der Waals surface area contributed by atoms with Gasteiger partial charge in [-0.2, -0.15) is 0 Å². The van der Waals surface area contributed by atoms with Crippen molar-refractivity contribution < 1.29 is 0 Å². The third-order valence-corrected chi connectivity index (χ3v) is 5.78. The fraction of sp³-hybridized carbons (Fsp3) is 0.667. The fourth-order valence-electron chi connectivity index (χ4n) is 3.99. The molecule has 0 amide bonds. The molecule has 0 unspecified atom stereocenters. The first-order valence-corrected chi connectivity index (χ1v) is 8.34. The van der Waals surface area contributed by atoms with Crippen molar-refractivity contribution in [1.82, 2.24) is 5.32 Å². The van der Waals surface area contributed by atoms with Gasteiger partial charge in [0, 0.05) is 25.3 Å². The summed E-state index contributed by atoms with van der Waals surface area (Å²) in [5, 5.41) is 3.48. The van der Waals surface area contributed by atoms with Gasteiger partial charge in [-0.3, -0.25) is 0 Å². The largest absolute Gasteiger partial charge is 0.371 e. The van der Waals surface area contributed by atoms with Crippen LogP contribution in [0.3, 0.4) is 0 Å². The predicted molar refractivity (Wildman–Crippen MR) is 86.3 cm³/mol. The quantitative estimate of drug-likeness (QED) is 0.901. The summed E-state index contributed by atoms with van der Waals surface area (Å²) in [4.78, 5) is 2.65. The van der Waals surface area contributed by atoms with Gasteiger partial charge < -0.3 is 10.2 Å². The number of fused-ring (bicyclic) bond motifs is 1. The molecule has 1 fully saturated rings. The number of piperidine rings is 1. The van der Waals surface area contributed by atoms with Crippen LogP contribution < -0.4 is 10.2 Å². The number of benzene rings is 1. The number of hydrogen-bond acceptors (Lipinski definition) is 2. The Morgan fingerprint density at radius 1 is 1.15 bits per heavy atom.